The first-order valence-corrected chi connectivity index (χ1v) is 13.0. The van der Waals surface area contributed by atoms with Gasteiger partial charge in [0, 0.05) is 37.7 Å². The lowest BCUT2D eigenvalue weighted by Crippen LogP contribution is -2.46. The molecule has 0 radical (unpaired) electrons. The maximum atomic E-state index is 13.6. The fraction of sp³-hybridized carbons (Fsp3) is 0.625. The summed E-state index contributed by atoms with van der Waals surface area (Å²) < 4.78 is 7.17. The second kappa shape index (κ2) is 12.3. The molecule has 1 amide bonds. The molecule has 188 valence electrons. The van der Waals surface area contributed by atoms with Crippen LogP contribution in [0, 0.1) is 5.92 Å². The number of nitrogens with two attached hydrogens (primary N) is 1. The van der Waals surface area contributed by atoms with Crippen LogP contribution < -0.4 is 21.9 Å². The summed E-state index contributed by atoms with van der Waals surface area (Å²) in [6, 6.07) is 4.05. The van der Waals surface area contributed by atoms with E-state index in [2.05, 4.69) is 16.0 Å². The van der Waals surface area contributed by atoms with Gasteiger partial charge in [-0.1, -0.05) is 33.3 Å². The molecule has 3 rings (SSSR count). The van der Waals surface area contributed by atoms with E-state index < -0.39 is 11.2 Å². The number of unbranched alkanes of at least 4 members (excludes halogenated alkanes) is 1. The third-order valence-corrected chi connectivity index (χ3v) is 6.73. The summed E-state index contributed by atoms with van der Waals surface area (Å²) in [6.07, 6.45) is 3.66. The monoisotopic (exact) mass is 491 g/mol. The van der Waals surface area contributed by atoms with Gasteiger partial charge in [-0.15, -0.1) is 11.3 Å². The minimum Gasteiger partial charge on any atom is -0.383 e. The topological polar surface area (TPSA) is 114 Å². The SMILES string of the molecule is CCCCN(C(=O)CN(Cc1cccs1)CC1CCCO1)c1c(N)n(CC(C)C)c(=O)[nH]c1=O. The van der Waals surface area contributed by atoms with Gasteiger partial charge in [-0.25, -0.2) is 4.79 Å². The van der Waals surface area contributed by atoms with Crippen LogP contribution in [0.15, 0.2) is 27.1 Å². The van der Waals surface area contributed by atoms with E-state index in [0.717, 1.165) is 30.7 Å². The molecule has 0 saturated carbocycles. The normalized spacial score (nSPS) is 16.0. The number of hydrogen-bond acceptors (Lipinski definition) is 7. The highest BCUT2D eigenvalue weighted by Crippen LogP contribution is 2.21. The molecule has 34 heavy (non-hydrogen) atoms. The number of hydrogen-bond donors (Lipinski definition) is 2. The molecule has 1 atom stereocenters. The average molecular weight is 492 g/mol. The van der Waals surface area contributed by atoms with Gasteiger partial charge < -0.3 is 15.4 Å². The first-order valence-electron chi connectivity index (χ1n) is 12.1. The molecule has 1 unspecified atom stereocenters. The van der Waals surface area contributed by atoms with Gasteiger partial charge >= 0.3 is 5.69 Å². The van der Waals surface area contributed by atoms with Crippen molar-refractivity contribution in [2.75, 3.05) is 36.9 Å². The number of amides is 1. The summed E-state index contributed by atoms with van der Waals surface area (Å²) in [6.45, 7) is 8.81. The molecule has 0 aromatic carbocycles. The van der Waals surface area contributed by atoms with Crippen molar-refractivity contribution < 1.29 is 9.53 Å². The summed E-state index contributed by atoms with van der Waals surface area (Å²) >= 11 is 1.65. The number of rotatable bonds is 12. The van der Waals surface area contributed by atoms with Gasteiger partial charge in [0.15, 0.2) is 5.69 Å². The van der Waals surface area contributed by atoms with Crippen molar-refractivity contribution in [3.8, 4) is 0 Å². The van der Waals surface area contributed by atoms with Gasteiger partial charge in [0.05, 0.1) is 12.6 Å². The molecule has 3 heterocycles. The second-order valence-electron chi connectivity index (χ2n) is 9.28. The minimum atomic E-state index is -0.629. The summed E-state index contributed by atoms with van der Waals surface area (Å²) in [5, 5.41) is 2.02. The molecule has 3 N–H and O–H groups in total. The molecule has 2 aromatic heterocycles. The van der Waals surface area contributed by atoms with Crippen LogP contribution in [0.4, 0.5) is 11.5 Å². The van der Waals surface area contributed by atoms with Crippen LogP contribution in [0.1, 0.15) is 51.3 Å². The predicted octanol–water partition coefficient (Wildman–Crippen LogP) is 2.65. The summed E-state index contributed by atoms with van der Waals surface area (Å²) in [5.74, 6) is -0.0305. The quantitative estimate of drug-likeness (QED) is 0.472. The number of H-pyrrole nitrogens is 1. The summed E-state index contributed by atoms with van der Waals surface area (Å²) in [5.41, 5.74) is 5.21. The number of aromatic nitrogens is 2. The Balaban J connectivity index is 1.90. The largest absolute Gasteiger partial charge is 0.383 e. The molecule has 10 heteroatoms. The van der Waals surface area contributed by atoms with Crippen molar-refractivity contribution in [3.05, 3.63) is 43.2 Å². The lowest BCUT2D eigenvalue weighted by Gasteiger charge is -2.29. The van der Waals surface area contributed by atoms with Crippen LogP contribution in [0.2, 0.25) is 0 Å². The van der Waals surface area contributed by atoms with E-state index in [-0.39, 0.29) is 36.0 Å². The van der Waals surface area contributed by atoms with Crippen molar-refractivity contribution in [2.24, 2.45) is 5.92 Å². The Morgan fingerprint density at radius 2 is 2.18 bits per heavy atom. The molecule has 0 bridgehead atoms. The van der Waals surface area contributed by atoms with Crippen LogP contribution in [0.5, 0.6) is 0 Å². The average Bonchev–Trinajstić information content (AvgIpc) is 3.47. The summed E-state index contributed by atoms with van der Waals surface area (Å²) in [7, 11) is 0. The minimum absolute atomic E-state index is 0.0378. The first-order chi connectivity index (χ1) is 16.3. The fourth-order valence-corrected chi connectivity index (χ4v) is 4.97. The van der Waals surface area contributed by atoms with E-state index in [0.29, 0.717) is 32.6 Å². The van der Waals surface area contributed by atoms with E-state index in [4.69, 9.17) is 10.5 Å². The number of carbonyl (C=O) groups excluding carboxylic acids is 1. The molecular formula is C24H37N5O4S. The Bertz CT molecular complexity index is 1040. The number of nitrogens with one attached hydrogen (secondary N) is 1. The van der Waals surface area contributed by atoms with E-state index in [9.17, 15) is 14.4 Å². The van der Waals surface area contributed by atoms with E-state index in [1.807, 2.05) is 32.2 Å². The maximum absolute atomic E-state index is 13.6. The Morgan fingerprint density at radius 1 is 1.38 bits per heavy atom. The van der Waals surface area contributed by atoms with Gasteiger partial charge in [-0.2, -0.15) is 0 Å². The number of carbonyl (C=O) groups is 1. The zero-order chi connectivity index (χ0) is 24.7. The molecule has 1 saturated heterocycles. The van der Waals surface area contributed by atoms with Crippen molar-refractivity contribution in [3.63, 3.8) is 0 Å². The molecule has 9 nitrogen and oxygen atoms in total. The molecule has 1 aliphatic heterocycles. The zero-order valence-corrected chi connectivity index (χ0v) is 21.2. The van der Waals surface area contributed by atoms with E-state index in [1.165, 1.54) is 9.47 Å². The molecule has 0 aliphatic carbocycles. The van der Waals surface area contributed by atoms with E-state index in [1.54, 1.807) is 11.3 Å². The lowest BCUT2D eigenvalue weighted by atomic mass is 10.2. The number of ether oxygens (including phenoxy) is 1. The number of aromatic amines is 1. The Hall–Kier alpha value is -2.43. The lowest BCUT2D eigenvalue weighted by molar-refractivity contribution is -0.120. The molecular weight excluding hydrogens is 454 g/mol. The van der Waals surface area contributed by atoms with Crippen molar-refractivity contribution in [1.82, 2.24) is 14.5 Å². The Kier molecular flexibility index (Phi) is 9.49. The number of nitrogens with zero attached hydrogens (tertiary/aromatic N) is 3. The van der Waals surface area contributed by atoms with Gasteiger partial charge in [-0.3, -0.25) is 24.0 Å². The van der Waals surface area contributed by atoms with E-state index >= 15 is 0 Å². The van der Waals surface area contributed by atoms with Crippen LogP contribution in [-0.4, -0.2) is 52.7 Å². The van der Waals surface area contributed by atoms with Gasteiger partial charge in [0.1, 0.15) is 5.82 Å². The molecule has 1 fully saturated rings. The van der Waals surface area contributed by atoms with Crippen molar-refractivity contribution in [1.29, 1.82) is 0 Å². The standard InChI is InChI=1S/C24H37N5O4S/c1-4-5-10-28(21-22(25)29(13-17(2)3)24(32)26-23(21)31)20(30)16-27(14-18-8-6-11-33-18)15-19-9-7-12-34-19/h7,9,12,17-18H,4-6,8,10-11,13-16,25H2,1-3H3,(H,26,31,32). The molecule has 0 spiro atoms. The third-order valence-electron chi connectivity index (χ3n) is 5.87. The van der Waals surface area contributed by atoms with Gasteiger partial charge in [0.2, 0.25) is 5.91 Å². The number of nitrogen functional groups attached to an aromatic ring is 1. The second-order valence-corrected chi connectivity index (χ2v) is 10.3. The highest BCUT2D eigenvalue weighted by atomic mass is 32.1. The van der Waals surface area contributed by atoms with Crippen LogP contribution in [-0.2, 0) is 22.6 Å². The smallest absolute Gasteiger partial charge is 0.330 e. The number of thiophene rings is 1. The summed E-state index contributed by atoms with van der Waals surface area (Å²) in [4.78, 5) is 46.0. The third kappa shape index (κ3) is 6.80. The van der Waals surface area contributed by atoms with Crippen LogP contribution in [0.25, 0.3) is 0 Å². The zero-order valence-electron chi connectivity index (χ0n) is 20.4. The van der Waals surface area contributed by atoms with Gasteiger partial charge in [0.25, 0.3) is 5.56 Å². The molecule has 2 aromatic rings. The number of anilines is 2. The highest BCUT2D eigenvalue weighted by molar-refractivity contribution is 7.09. The Morgan fingerprint density at radius 3 is 2.79 bits per heavy atom. The van der Waals surface area contributed by atoms with Crippen LogP contribution >= 0.6 is 11.3 Å². The Labute approximate surface area is 204 Å². The molecule has 1 aliphatic rings. The first kappa shape index (κ1) is 26.2. The van der Waals surface area contributed by atoms with Crippen LogP contribution in [0.3, 0.4) is 0 Å². The van der Waals surface area contributed by atoms with Crippen molar-refractivity contribution in [2.45, 2.75) is 65.6 Å². The maximum Gasteiger partial charge on any atom is 0.330 e. The fourth-order valence-electron chi connectivity index (χ4n) is 4.22. The predicted molar refractivity (Wildman–Crippen MR) is 136 cm³/mol. The van der Waals surface area contributed by atoms with Crippen molar-refractivity contribution >= 4 is 28.7 Å². The van der Waals surface area contributed by atoms with Gasteiger partial charge in [-0.05, 0) is 36.6 Å². The highest BCUT2D eigenvalue weighted by Gasteiger charge is 2.27.